The van der Waals surface area contributed by atoms with E-state index in [1.54, 1.807) is 29.1 Å². The van der Waals surface area contributed by atoms with Gasteiger partial charge < -0.3 is 5.73 Å². The Kier molecular flexibility index (Phi) is 2.76. The van der Waals surface area contributed by atoms with Crippen molar-refractivity contribution in [2.24, 2.45) is 0 Å². The standard InChI is InChI=1S/C15H12FN3/c16-13-9-5-4-8-12(13)15-14(17)10-19(18-15)11-6-2-1-3-7-11/h1-10H,17H2. The molecular weight excluding hydrogens is 241 g/mol. The summed E-state index contributed by atoms with van der Waals surface area (Å²) in [7, 11) is 0. The molecule has 0 aliphatic rings. The van der Waals surface area contributed by atoms with E-state index in [0.29, 0.717) is 16.9 Å². The van der Waals surface area contributed by atoms with Crippen molar-refractivity contribution in [2.45, 2.75) is 0 Å². The second-order valence-corrected chi connectivity index (χ2v) is 4.19. The van der Waals surface area contributed by atoms with Gasteiger partial charge in [-0.15, -0.1) is 0 Å². The third kappa shape index (κ3) is 2.08. The minimum Gasteiger partial charge on any atom is -0.396 e. The minimum absolute atomic E-state index is 0.326. The molecule has 0 aliphatic heterocycles. The third-order valence-corrected chi connectivity index (χ3v) is 2.89. The van der Waals surface area contributed by atoms with Crippen molar-refractivity contribution >= 4 is 5.69 Å². The van der Waals surface area contributed by atoms with Gasteiger partial charge in [0.15, 0.2) is 0 Å². The van der Waals surface area contributed by atoms with Crippen LogP contribution in [0.3, 0.4) is 0 Å². The van der Waals surface area contributed by atoms with Crippen molar-refractivity contribution in [2.75, 3.05) is 5.73 Å². The van der Waals surface area contributed by atoms with E-state index in [9.17, 15) is 4.39 Å². The molecule has 0 aliphatic carbocycles. The summed E-state index contributed by atoms with van der Waals surface area (Å²) in [5.74, 6) is -0.326. The number of anilines is 1. The first-order valence-corrected chi connectivity index (χ1v) is 5.91. The SMILES string of the molecule is Nc1cn(-c2ccccc2)nc1-c1ccccc1F. The van der Waals surface area contributed by atoms with Gasteiger partial charge in [0.1, 0.15) is 11.5 Å². The Morgan fingerprint density at radius 3 is 2.37 bits per heavy atom. The van der Waals surface area contributed by atoms with Crippen molar-refractivity contribution in [3.8, 4) is 16.9 Å². The molecule has 0 saturated heterocycles. The number of benzene rings is 2. The maximum Gasteiger partial charge on any atom is 0.132 e. The van der Waals surface area contributed by atoms with Crippen molar-refractivity contribution in [1.29, 1.82) is 0 Å². The molecular formula is C15H12FN3. The van der Waals surface area contributed by atoms with Crippen LogP contribution in [0, 0.1) is 5.82 Å². The monoisotopic (exact) mass is 253 g/mol. The molecule has 0 bridgehead atoms. The lowest BCUT2D eigenvalue weighted by Gasteiger charge is -2.01. The molecule has 0 atom stereocenters. The topological polar surface area (TPSA) is 43.8 Å². The maximum absolute atomic E-state index is 13.8. The Hall–Kier alpha value is -2.62. The molecule has 1 heterocycles. The quantitative estimate of drug-likeness (QED) is 0.761. The van der Waals surface area contributed by atoms with E-state index >= 15 is 0 Å². The zero-order valence-electron chi connectivity index (χ0n) is 10.1. The van der Waals surface area contributed by atoms with Gasteiger partial charge in [-0.25, -0.2) is 9.07 Å². The third-order valence-electron chi connectivity index (χ3n) is 2.89. The summed E-state index contributed by atoms with van der Waals surface area (Å²) in [6, 6.07) is 16.1. The van der Waals surface area contributed by atoms with Gasteiger partial charge >= 0.3 is 0 Å². The molecule has 0 fully saturated rings. The Morgan fingerprint density at radius 1 is 0.947 bits per heavy atom. The number of para-hydroxylation sites is 1. The van der Waals surface area contributed by atoms with Crippen LogP contribution in [0.4, 0.5) is 10.1 Å². The van der Waals surface area contributed by atoms with Gasteiger partial charge in [-0.2, -0.15) is 5.10 Å². The van der Waals surface area contributed by atoms with Crippen LogP contribution in [0.2, 0.25) is 0 Å². The lowest BCUT2D eigenvalue weighted by molar-refractivity contribution is 0.630. The van der Waals surface area contributed by atoms with E-state index in [4.69, 9.17) is 5.73 Å². The highest BCUT2D eigenvalue weighted by Crippen LogP contribution is 2.27. The molecule has 2 aromatic carbocycles. The highest BCUT2D eigenvalue weighted by atomic mass is 19.1. The van der Waals surface area contributed by atoms with E-state index in [-0.39, 0.29) is 5.82 Å². The Bertz CT molecular complexity index is 704. The Labute approximate surface area is 110 Å². The van der Waals surface area contributed by atoms with Crippen LogP contribution in [0.5, 0.6) is 0 Å². The Morgan fingerprint density at radius 2 is 1.63 bits per heavy atom. The second kappa shape index (κ2) is 4.57. The average Bonchev–Trinajstić information content (AvgIpc) is 2.82. The number of aromatic nitrogens is 2. The fourth-order valence-electron chi connectivity index (χ4n) is 1.96. The van der Waals surface area contributed by atoms with Crippen LogP contribution in [-0.4, -0.2) is 9.78 Å². The van der Waals surface area contributed by atoms with Gasteiger partial charge in [-0.05, 0) is 24.3 Å². The lowest BCUT2D eigenvalue weighted by Crippen LogP contribution is -1.94. The van der Waals surface area contributed by atoms with Crippen molar-refractivity contribution in [1.82, 2.24) is 9.78 Å². The van der Waals surface area contributed by atoms with E-state index in [1.807, 2.05) is 30.3 Å². The number of rotatable bonds is 2. The van der Waals surface area contributed by atoms with Gasteiger partial charge in [0.2, 0.25) is 0 Å². The molecule has 19 heavy (non-hydrogen) atoms. The van der Waals surface area contributed by atoms with Crippen LogP contribution in [0.15, 0.2) is 60.8 Å². The van der Waals surface area contributed by atoms with Gasteiger partial charge in [0.05, 0.1) is 17.6 Å². The van der Waals surface area contributed by atoms with E-state index < -0.39 is 0 Å². The molecule has 94 valence electrons. The van der Waals surface area contributed by atoms with Crippen molar-refractivity contribution in [3.05, 3.63) is 66.6 Å². The number of halogens is 1. The summed E-state index contributed by atoms with van der Waals surface area (Å²) in [5, 5.41) is 4.36. The predicted molar refractivity (Wildman–Crippen MR) is 73.4 cm³/mol. The van der Waals surface area contributed by atoms with Gasteiger partial charge in [0.25, 0.3) is 0 Å². The Balaban J connectivity index is 2.11. The van der Waals surface area contributed by atoms with Crippen LogP contribution in [-0.2, 0) is 0 Å². The lowest BCUT2D eigenvalue weighted by atomic mass is 10.1. The molecule has 3 nitrogen and oxygen atoms in total. The highest BCUT2D eigenvalue weighted by Gasteiger charge is 2.12. The molecule has 3 rings (SSSR count). The minimum atomic E-state index is -0.326. The highest BCUT2D eigenvalue weighted by molar-refractivity contribution is 5.72. The number of hydrogen-bond donors (Lipinski definition) is 1. The van der Waals surface area contributed by atoms with Crippen molar-refractivity contribution < 1.29 is 4.39 Å². The summed E-state index contributed by atoms with van der Waals surface area (Å²) >= 11 is 0. The predicted octanol–water partition coefficient (Wildman–Crippen LogP) is 3.26. The molecule has 3 aromatic rings. The summed E-state index contributed by atoms with van der Waals surface area (Å²) in [6.07, 6.45) is 1.69. The number of nitrogen functional groups attached to an aromatic ring is 1. The largest absolute Gasteiger partial charge is 0.396 e. The summed E-state index contributed by atoms with van der Waals surface area (Å²) in [5.41, 5.74) is 8.14. The first kappa shape index (κ1) is 11.5. The number of nitrogens with zero attached hydrogens (tertiary/aromatic N) is 2. The number of hydrogen-bond acceptors (Lipinski definition) is 2. The van der Waals surface area contributed by atoms with Gasteiger partial charge in [-0.3, -0.25) is 0 Å². The maximum atomic E-state index is 13.8. The van der Waals surface area contributed by atoms with Crippen LogP contribution in [0.25, 0.3) is 16.9 Å². The van der Waals surface area contributed by atoms with Crippen LogP contribution >= 0.6 is 0 Å². The molecule has 2 N–H and O–H groups in total. The molecule has 0 saturated carbocycles. The summed E-state index contributed by atoms with van der Waals surface area (Å²) < 4.78 is 15.4. The zero-order valence-corrected chi connectivity index (χ0v) is 10.1. The average molecular weight is 253 g/mol. The smallest absolute Gasteiger partial charge is 0.132 e. The first-order chi connectivity index (χ1) is 9.25. The fraction of sp³-hybridized carbons (Fsp3) is 0. The second-order valence-electron chi connectivity index (χ2n) is 4.19. The molecule has 1 aromatic heterocycles. The molecule has 0 spiro atoms. The molecule has 0 unspecified atom stereocenters. The summed E-state index contributed by atoms with van der Waals surface area (Å²) in [4.78, 5) is 0. The van der Waals surface area contributed by atoms with Crippen LogP contribution < -0.4 is 5.73 Å². The van der Waals surface area contributed by atoms with Crippen LogP contribution in [0.1, 0.15) is 0 Å². The summed E-state index contributed by atoms with van der Waals surface area (Å²) in [6.45, 7) is 0. The normalized spacial score (nSPS) is 10.6. The molecule has 0 amide bonds. The van der Waals surface area contributed by atoms with E-state index in [1.165, 1.54) is 6.07 Å². The van der Waals surface area contributed by atoms with Gasteiger partial charge in [-0.1, -0.05) is 30.3 Å². The van der Waals surface area contributed by atoms with E-state index in [2.05, 4.69) is 5.10 Å². The fourth-order valence-corrected chi connectivity index (χ4v) is 1.96. The zero-order chi connectivity index (χ0) is 13.2. The number of nitrogens with two attached hydrogens (primary N) is 1. The molecule has 0 radical (unpaired) electrons. The van der Waals surface area contributed by atoms with E-state index in [0.717, 1.165) is 5.69 Å². The molecule has 4 heteroatoms. The first-order valence-electron chi connectivity index (χ1n) is 5.91. The van der Waals surface area contributed by atoms with Gasteiger partial charge in [0, 0.05) is 5.56 Å². The van der Waals surface area contributed by atoms with Crippen molar-refractivity contribution in [3.63, 3.8) is 0 Å².